The second-order valence-electron chi connectivity index (χ2n) is 6.68. The number of ether oxygens (including phenoxy) is 2. The van der Waals surface area contributed by atoms with Crippen LogP contribution in [0, 0.1) is 0 Å². The monoisotopic (exact) mass is 443 g/mol. The summed E-state index contributed by atoms with van der Waals surface area (Å²) in [7, 11) is 0. The quantitative estimate of drug-likeness (QED) is 0.693. The second-order valence-corrected chi connectivity index (χ2v) is 7.73. The first-order chi connectivity index (χ1) is 14.2. The van der Waals surface area contributed by atoms with Crippen molar-refractivity contribution in [2.75, 3.05) is 23.4 Å². The van der Waals surface area contributed by atoms with E-state index in [2.05, 4.69) is 10.3 Å². The van der Waals surface area contributed by atoms with Gasteiger partial charge in [-0.2, -0.15) is 13.2 Å². The molecular formula is C17H16F3N5O4S. The van der Waals surface area contributed by atoms with Gasteiger partial charge in [-0.05, 0) is 6.92 Å². The number of amides is 1. The molecule has 4 rings (SSSR count). The number of nitrogens with two attached hydrogens (primary N) is 1. The number of fused-ring (bicyclic) bond motifs is 3. The molecule has 2 aromatic heterocycles. The Labute approximate surface area is 171 Å². The Morgan fingerprint density at radius 2 is 2.23 bits per heavy atom. The van der Waals surface area contributed by atoms with Gasteiger partial charge >= 0.3 is 6.18 Å². The van der Waals surface area contributed by atoms with Crippen molar-refractivity contribution >= 4 is 34.0 Å². The number of hydrogen-bond donors (Lipinski definition) is 2. The van der Waals surface area contributed by atoms with Crippen LogP contribution in [0.2, 0.25) is 0 Å². The lowest BCUT2D eigenvalue weighted by atomic mass is 10.3. The molecule has 0 bridgehead atoms. The number of nitrogens with one attached hydrogen (secondary N) is 1. The summed E-state index contributed by atoms with van der Waals surface area (Å²) >= 11 is 1.22. The molecule has 1 amide bonds. The van der Waals surface area contributed by atoms with Gasteiger partial charge in [0.15, 0.2) is 23.6 Å². The Morgan fingerprint density at radius 1 is 1.47 bits per heavy atom. The van der Waals surface area contributed by atoms with Crippen molar-refractivity contribution < 1.29 is 32.2 Å². The molecular weight excluding hydrogens is 427 g/mol. The largest absolute Gasteiger partial charge is 0.490 e. The molecule has 2 aliphatic heterocycles. The molecule has 160 valence electrons. The van der Waals surface area contributed by atoms with Crippen molar-refractivity contribution in [2.24, 2.45) is 5.73 Å². The Balaban J connectivity index is 1.73. The van der Waals surface area contributed by atoms with E-state index < -0.39 is 36.7 Å². The standard InChI is InChI=1S/C17H16F3N5O4S/c1-8(15(21)27)22-12-4-9-14(30-12)16-23-11(5-24(16)2-3-28-9)25-10(17(18,19)20)7-29-13(25)6-26/h4-5,8,10,22H,2-3,7H2,1H3,(H2,21,27)/t8-,10-/m0/s1. The highest BCUT2D eigenvalue weighted by molar-refractivity contribution is 7.19. The predicted octanol–water partition coefficient (Wildman–Crippen LogP) is 1.73. The minimum Gasteiger partial charge on any atom is -0.490 e. The molecule has 0 aliphatic carbocycles. The molecule has 1 fully saturated rings. The van der Waals surface area contributed by atoms with Crippen LogP contribution in [0.5, 0.6) is 5.75 Å². The minimum atomic E-state index is -4.63. The van der Waals surface area contributed by atoms with Gasteiger partial charge in [-0.25, -0.2) is 9.78 Å². The Kier molecular flexibility index (Phi) is 4.86. The number of anilines is 2. The number of primary amides is 1. The molecule has 2 aliphatic rings. The van der Waals surface area contributed by atoms with Gasteiger partial charge in [-0.3, -0.25) is 9.69 Å². The summed E-state index contributed by atoms with van der Waals surface area (Å²) in [6.07, 6.45) is -3.21. The molecule has 2 atom stereocenters. The van der Waals surface area contributed by atoms with E-state index in [-0.39, 0.29) is 12.4 Å². The highest BCUT2D eigenvalue weighted by Crippen LogP contribution is 2.44. The van der Waals surface area contributed by atoms with Crippen LogP contribution in [0.15, 0.2) is 18.1 Å². The van der Waals surface area contributed by atoms with E-state index in [4.69, 9.17) is 15.2 Å². The Bertz CT molecular complexity index is 1040. The maximum absolute atomic E-state index is 13.4. The number of aromatic nitrogens is 2. The zero-order valence-corrected chi connectivity index (χ0v) is 16.3. The fraction of sp³-hybridized carbons (Fsp3) is 0.412. The molecule has 4 heterocycles. The zero-order valence-electron chi connectivity index (χ0n) is 15.5. The summed E-state index contributed by atoms with van der Waals surface area (Å²) in [5.41, 5.74) is 5.27. The van der Waals surface area contributed by atoms with Gasteiger partial charge in [0.05, 0.1) is 11.5 Å². The number of rotatable bonds is 4. The number of thiophene rings is 1. The molecule has 30 heavy (non-hydrogen) atoms. The van der Waals surface area contributed by atoms with E-state index in [9.17, 15) is 22.8 Å². The molecule has 13 heteroatoms. The van der Waals surface area contributed by atoms with Crippen molar-refractivity contribution in [3.63, 3.8) is 0 Å². The van der Waals surface area contributed by atoms with Gasteiger partial charge in [0.2, 0.25) is 5.91 Å². The van der Waals surface area contributed by atoms with Crippen LogP contribution in [-0.4, -0.2) is 52.9 Å². The first-order valence-corrected chi connectivity index (χ1v) is 9.64. The maximum atomic E-state index is 13.4. The van der Waals surface area contributed by atoms with Crippen molar-refractivity contribution in [3.8, 4) is 16.5 Å². The lowest BCUT2D eigenvalue weighted by Gasteiger charge is -2.22. The minimum absolute atomic E-state index is 0.0792. The van der Waals surface area contributed by atoms with Crippen LogP contribution in [-0.2, 0) is 20.9 Å². The number of alkyl halides is 3. The predicted molar refractivity (Wildman–Crippen MR) is 101 cm³/mol. The highest BCUT2D eigenvalue weighted by atomic mass is 32.1. The Hall–Kier alpha value is -3.18. The van der Waals surface area contributed by atoms with Crippen LogP contribution in [0.3, 0.4) is 0 Å². The molecule has 0 spiro atoms. The fourth-order valence-electron chi connectivity index (χ4n) is 3.14. The molecule has 0 aromatic carbocycles. The van der Waals surface area contributed by atoms with Crippen LogP contribution in [0.4, 0.5) is 24.0 Å². The number of halogens is 3. The second kappa shape index (κ2) is 7.26. The molecule has 3 N–H and O–H groups in total. The summed E-state index contributed by atoms with van der Waals surface area (Å²) in [5.74, 6) is 1.08. The first-order valence-electron chi connectivity index (χ1n) is 8.83. The molecule has 0 radical (unpaired) electrons. The summed E-state index contributed by atoms with van der Waals surface area (Å²) in [5, 5.41) is 3.54. The summed E-state index contributed by atoms with van der Waals surface area (Å²) in [6.45, 7) is 1.48. The average Bonchev–Trinajstić information content (AvgIpc) is 3.35. The van der Waals surface area contributed by atoms with Crippen molar-refractivity contribution in [2.45, 2.75) is 31.7 Å². The smallest absolute Gasteiger partial charge is 0.412 e. The van der Waals surface area contributed by atoms with E-state index in [0.717, 1.165) is 0 Å². The van der Waals surface area contributed by atoms with E-state index in [1.807, 2.05) is 0 Å². The summed E-state index contributed by atoms with van der Waals surface area (Å²) < 4.78 is 52.5. The maximum Gasteiger partial charge on any atom is 0.412 e. The summed E-state index contributed by atoms with van der Waals surface area (Å²) in [4.78, 5) is 28.0. The normalized spacial score (nSPS) is 19.1. The van der Waals surface area contributed by atoms with Gasteiger partial charge in [-0.15, -0.1) is 11.3 Å². The number of carbonyl (C=O) groups excluding carboxylic acids is 2. The number of nitrogens with zero attached hydrogens (tertiary/aromatic N) is 3. The van der Waals surface area contributed by atoms with Crippen LogP contribution < -0.4 is 20.7 Å². The lowest BCUT2D eigenvalue weighted by molar-refractivity contribution is -0.147. The first kappa shape index (κ1) is 20.1. The third-order valence-electron chi connectivity index (χ3n) is 4.66. The summed E-state index contributed by atoms with van der Waals surface area (Å²) in [6, 6.07) is -0.990. The lowest BCUT2D eigenvalue weighted by Crippen LogP contribution is -2.42. The number of hydrogen-bond acceptors (Lipinski definition) is 8. The van der Waals surface area contributed by atoms with Gasteiger partial charge < -0.3 is 25.1 Å². The molecule has 0 saturated carbocycles. The van der Waals surface area contributed by atoms with Gasteiger partial charge in [0.1, 0.15) is 29.9 Å². The SMILES string of the molecule is C[C@H](Nc1cc2c(s1)-c1nc(N3C(=C=O)OC[C@H]3C(F)(F)F)cn1CCO2)C(N)=O. The highest BCUT2D eigenvalue weighted by Gasteiger charge is 2.51. The number of carbonyl (C=O) groups is 1. The molecule has 1 saturated heterocycles. The topological polar surface area (TPSA) is 112 Å². The third kappa shape index (κ3) is 3.46. The van der Waals surface area contributed by atoms with Gasteiger partial charge in [0, 0.05) is 12.3 Å². The van der Waals surface area contributed by atoms with E-state index in [0.29, 0.717) is 32.9 Å². The number of imidazole rings is 1. The van der Waals surface area contributed by atoms with Crippen LogP contribution >= 0.6 is 11.3 Å². The van der Waals surface area contributed by atoms with Crippen LogP contribution in [0.1, 0.15) is 6.92 Å². The van der Waals surface area contributed by atoms with E-state index in [1.54, 1.807) is 17.6 Å². The third-order valence-corrected chi connectivity index (χ3v) is 5.70. The van der Waals surface area contributed by atoms with Crippen molar-refractivity contribution in [1.29, 1.82) is 0 Å². The van der Waals surface area contributed by atoms with E-state index in [1.165, 1.54) is 23.5 Å². The van der Waals surface area contributed by atoms with E-state index >= 15 is 0 Å². The van der Waals surface area contributed by atoms with Crippen molar-refractivity contribution in [3.05, 3.63) is 18.1 Å². The zero-order chi connectivity index (χ0) is 21.6. The molecule has 2 aromatic rings. The van der Waals surface area contributed by atoms with Crippen molar-refractivity contribution in [1.82, 2.24) is 9.55 Å². The molecule has 0 unspecified atom stereocenters. The van der Waals surface area contributed by atoms with Gasteiger partial charge in [0.25, 0.3) is 5.88 Å². The Morgan fingerprint density at radius 3 is 2.90 bits per heavy atom. The molecule has 9 nitrogen and oxygen atoms in total. The van der Waals surface area contributed by atoms with Crippen LogP contribution in [0.25, 0.3) is 10.7 Å². The van der Waals surface area contributed by atoms with Gasteiger partial charge in [-0.1, -0.05) is 0 Å². The fourth-order valence-corrected chi connectivity index (χ4v) is 4.24. The average molecular weight is 443 g/mol.